The Morgan fingerprint density at radius 3 is 2.47 bits per heavy atom. The Hall–Kier alpha value is -0.980. The summed E-state index contributed by atoms with van der Waals surface area (Å²) in [5.41, 5.74) is 0. The van der Waals surface area contributed by atoms with Crippen LogP contribution in [0.3, 0.4) is 0 Å². The first-order valence-electron chi connectivity index (χ1n) is 4.56. The number of nitrogens with one attached hydrogen (secondary N) is 1. The molecule has 15 heavy (non-hydrogen) atoms. The first kappa shape index (κ1) is 12.1. The van der Waals surface area contributed by atoms with Crippen LogP contribution in [0.5, 0.6) is 0 Å². The van der Waals surface area contributed by atoms with E-state index >= 15 is 0 Å². The van der Waals surface area contributed by atoms with E-state index in [4.69, 9.17) is 5.11 Å². The summed E-state index contributed by atoms with van der Waals surface area (Å²) in [7, 11) is 1.53. The first-order chi connectivity index (χ1) is 6.84. The van der Waals surface area contributed by atoms with Crippen molar-refractivity contribution in [3.63, 3.8) is 0 Å². The predicted octanol–water partition coefficient (Wildman–Crippen LogP) is 1.14. The smallest absolute Gasteiger partial charge is 0.407 e. The van der Waals surface area contributed by atoms with Gasteiger partial charge in [0.2, 0.25) is 0 Å². The normalized spacial score (nSPS) is 27.9. The molecule has 1 rings (SSSR count). The minimum Gasteiger partial charge on any atom is -0.465 e. The highest BCUT2D eigenvalue weighted by molar-refractivity contribution is 5.65. The molecule has 1 aliphatic heterocycles. The Balaban J connectivity index is 2.71. The first-order valence-corrected chi connectivity index (χ1v) is 4.56. The summed E-state index contributed by atoms with van der Waals surface area (Å²) in [5.74, 6) is -1.57. The Kier molecular flexibility index (Phi) is 3.43. The maximum absolute atomic E-state index is 12.4. The van der Waals surface area contributed by atoms with Crippen LogP contribution in [0.15, 0.2) is 0 Å². The molecule has 7 heteroatoms. The largest absolute Gasteiger partial charge is 0.465 e. The van der Waals surface area contributed by atoms with E-state index in [1.54, 1.807) is 0 Å². The maximum Gasteiger partial charge on any atom is 0.407 e. The number of likely N-dealkylation sites (tertiary alicyclic amines) is 1. The number of alkyl halides is 3. The Morgan fingerprint density at radius 1 is 1.47 bits per heavy atom. The van der Waals surface area contributed by atoms with Crippen molar-refractivity contribution >= 4 is 6.09 Å². The fourth-order valence-corrected chi connectivity index (χ4v) is 1.70. The molecule has 2 N–H and O–H groups in total. The fraction of sp³-hybridized carbons (Fsp3) is 0.875. The second-order valence-electron chi connectivity index (χ2n) is 3.65. The van der Waals surface area contributed by atoms with Crippen molar-refractivity contribution in [3.8, 4) is 0 Å². The van der Waals surface area contributed by atoms with Crippen LogP contribution >= 0.6 is 0 Å². The number of amides is 1. The minimum atomic E-state index is -4.33. The molecule has 0 spiro atoms. The Labute approximate surface area is 85.1 Å². The van der Waals surface area contributed by atoms with Crippen molar-refractivity contribution in [2.24, 2.45) is 5.92 Å². The number of likely N-dealkylation sites (N-methyl/N-ethyl adjacent to an activating group) is 1. The molecule has 1 fully saturated rings. The van der Waals surface area contributed by atoms with E-state index in [2.05, 4.69) is 5.32 Å². The van der Waals surface area contributed by atoms with Gasteiger partial charge in [-0.3, -0.25) is 0 Å². The number of piperidine rings is 1. The molecule has 0 radical (unpaired) electrons. The third-order valence-electron chi connectivity index (χ3n) is 2.59. The SMILES string of the molecule is CN[C@H]1C[C@@H](C(F)(F)F)CN(C(=O)O)C1. The van der Waals surface area contributed by atoms with Gasteiger partial charge in [-0.1, -0.05) is 0 Å². The maximum atomic E-state index is 12.4. The number of hydrogen-bond donors (Lipinski definition) is 2. The van der Waals surface area contributed by atoms with Crippen molar-refractivity contribution in [3.05, 3.63) is 0 Å². The fourth-order valence-electron chi connectivity index (χ4n) is 1.70. The van der Waals surface area contributed by atoms with E-state index in [1.807, 2.05) is 0 Å². The van der Waals surface area contributed by atoms with Gasteiger partial charge in [0.05, 0.1) is 5.92 Å². The Morgan fingerprint density at radius 2 is 2.07 bits per heavy atom. The van der Waals surface area contributed by atoms with E-state index in [0.29, 0.717) is 0 Å². The standard InChI is InChI=1S/C8H13F3N2O2/c1-12-6-2-5(8(9,10)11)3-13(4-6)7(14)15/h5-6,12H,2-4H2,1H3,(H,14,15)/t5-,6+/m1/s1. The van der Waals surface area contributed by atoms with Crippen LogP contribution in [0.1, 0.15) is 6.42 Å². The van der Waals surface area contributed by atoms with Crippen molar-refractivity contribution in [2.75, 3.05) is 20.1 Å². The number of carbonyl (C=O) groups is 1. The van der Waals surface area contributed by atoms with Gasteiger partial charge < -0.3 is 15.3 Å². The lowest BCUT2D eigenvalue weighted by Gasteiger charge is -2.36. The average molecular weight is 226 g/mol. The monoisotopic (exact) mass is 226 g/mol. The summed E-state index contributed by atoms with van der Waals surface area (Å²) in [6.45, 7) is -0.352. The van der Waals surface area contributed by atoms with Crippen LogP contribution < -0.4 is 5.32 Å². The molecule has 0 aromatic heterocycles. The van der Waals surface area contributed by atoms with Crippen LogP contribution in [0.25, 0.3) is 0 Å². The summed E-state index contributed by atoms with van der Waals surface area (Å²) in [6, 6.07) is -0.429. The Bertz CT molecular complexity index is 245. The van der Waals surface area contributed by atoms with Crippen molar-refractivity contribution in [1.29, 1.82) is 0 Å². The van der Waals surface area contributed by atoms with Crippen LogP contribution in [0.4, 0.5) is 18.0 Å². The van der Waals surface area contributed by atoms with Gasteiger partial charge in [-0.25, -0.2) is 4.79 Å². The summed E-state index contributed by atoms with van der Waals surface area (Å²) >= 11 is 0. The zero-order chi connectivity index (χ0) is 11.6. The second kappa shape index (κ2) is 4.26. The van der Waals surface area contributed by atoms with E-state index in [0.717, 1.165) is 4.90 Å². The molecule has 0 saturated carbocycles. The average Bonchev–Trinajstić information content (AvgIpc) is 2.15. The van der Waals surface area contributed by atoms with Crippen LogP contribution in [0, 0.1) is 5.92 Å². The molecule has 1 aliphatic rings. The van der Waals surface area contributed by atoms with Crippen molar-refractivity contribution in [2.45, 2.75) is 18.6 Å². The van der Waals surface area contributed by atoms with Gasteiger partial charge in [0.15, 0.2) is 0 Å². The van der Waals surface area contributed by atoms with Crippen LogP contribution in [-0.2, 0) is 0 Å². The molecule has 0 unspecified atom stereocenters. The van der Waals surface area contributed by atoms with Gasteiger partial charge in [-0.05, 0) is 13.5 Å². The molecule has 88 valence electrons. The number of carboxylic acid groups (broad SMARTS) is 1. The molecule has 0 aromatic rings. The molecule has 0 aliphatic carbocycles. The molecule has 4 nitrogen and oxygen atoms in total. The molecule has 1 saturated heterocycles. The lowest BCUT2D eigenvalue weighted by Crippen LogP contribution is -2.53. The third kappa shape index (κ3) is 2.98. The molecule has 2 atom stereocenters. The molecular formula is C8H13F3N2O2. The molecule has 0 bridgehead atoms. The van der Waals surface area contributed by atoms with E-state index in [-0.39, 0.29) is 13.0 Å². The zero-order valence-electron chi connectivity index (χ0n) is 8.21. The highest BCUT2D eigenvalue weighted by Crippen LogP contribution is 2.33. The zero-order valence-corrected chi connectivity index (χ0v) is 8.21. The van der Waals surface area contributed by atoms with E-state index in [9.17, 15) is 18.0 Å². The van der Waals surface area contributed by atoms with Gasteiger partial charge in [0, 0.05) is 19.1 Å². The number of rotatable bonds is 1. The van der Waals surface area contributed by atoms with E-state index in [1.165, 1.54) is 7.05 Å². The van der Waals surface area contributed by atoms with Gasteiger partial charge in [0.25, 0.3) is 0 Å². The van der Waals surface area contributed by atoms with Gasteiger partial charge in [-0.15, -0.1) is 0 Å². The molecule has 1 amide bonds. The van der Waals surface area contributed by atoms with E-state index < -0.39 is 30.8 Å². The summed E-state index contributed by atoms with van der Waals surface area (Å²) in [4.78, 5) is 11.4. The summed E-state index contributed by atoms with van der Waals surface area (Å²) < 4.78 is 37.3. The van der Waals surface area contributed by atoms with Gasteiger partial charge in [0.1, 0.15) is 0 Å². The topological polar surface area (TPSA) is 52.6 Å². The minimum absolute atomic E-state index is 0.0657. The lowest BCUT2D eigenvalue weighted by atomic mass is 9.94. The van der Waals surface area contributed by atoms with Gasteiger partial charge in [-0.2, -0.15) is 13.2 Å². The molecule has 0 aromatic carbocycles. The summed E-state index contributed by atoms with van der Waals surface area (Å²) in [5, 5.41) is 11.4. The number of nitrogens with zero attached hydrogens (tertiary/aromatic N) is 1. The highest BCUT2D eigenvalue weighted by atomic mass is 19.4. The lowest BCUT2D eigenvalue weighted by molar-refractivity contribution is -0.186. The predicted molar refractivity (Wildman–Crippen MR) is 46.6 cm³/mol. The second-order valence-corrected chi connectivity index (χ2v) is 3.65. The third-order valence-corrected chi connectivity index (χ3v) is 2.59. The van der Waals surface area contributed by atoms with Crippen molar-refractivity contribution in [1.82, 2.24) is 10.2 Å². The van der Waals surface area contributed by atoms with Gasteiger partial charge >= 0.3 is 12.3 Å². The summed E-state index contributed by atoms with van der Waals surface area (Å²) in [6.07, 6.45) is -5.70. The highest BCUT2D eigenvalue weighted by Gasteiger charge is 2.45. The number of halogens is 3. The van der Waals surface area contributed by atoms with Crippen LogP contribution in [0.2, 0.25) is 0 Å². The quantitative estimate of drug-likeness (QED) is 0.704. The van der Waals surface area contributed by atoms with Crippen LogP contribution in [-0.4, -0.2) is 48.5 Å². The van der Waals surface area contributed by atoms with Crippen molar-refractivity contribution < 1.29 is 23.1 Å². The number of hydrogen-bond acceptors (Lipinski definition) is 2. The molecule has 1 heterocycles. The molecular weight excluding hydrogens is 213 g/mol.